The minimum absolute atomic E-state index is 0.258. The summed E-state index contributed by atoms with van der Waals surface area (Å²) in [6.07, 6.45) is -3.97. The maximum absolute atomic E-state index is 13.2. The second-order valence-electron chi connectivity index (χ2n) is 4.61. The fourth-order valence-corrected chi connectivity index (χ4v) is 1.90. The Hall–Kier alpha value is -2.32. The highest BCUT2D eigenvalue weighted by Crippen LogP contribution is 2.35. The van der Waals surface area contributed by atoms with Crippen molar-refractivity contribution in [1.82, 2.24) is 10.0 Å². The van der Waals surface area contributed by atoms with Crippen LogP contribution in [0, 0.1) is 0 Å². The lowest BCUT2D eigenvalue weighted by atomic mass is 10.1. The average Bonchev–Trinajstić information content (AvgIpc) is 2.54. The van der Waals surface area contributed by atoms with E-state index in [1.54, 1.807) is 0 Å². The molecule has 1 heterocycles. The zero-order valence-corrected chi connectivity index (χ0v) is 13.4. The molecule has 0 N–H and O–H groups in total. The number of hydrogen-bond acceptors (Lipinski definition) is 4. The molecular weight excluding hydrogens is 349 g/mol. The van der Waals surface area contributed by atoms with Crippen LogP contribution in [-0.2, 0) is 11.0 Å². The molecule has 0 saturated carbocycles. The molecule has 2 rings (SSSR count). The number of pyridine rings is 1. The molecule has 24 heavy (non-hydrogen) atoms. The van der Waals surface area contributed by atoms with Gasteiger partial charge in [0.1, 0.15) is 5.75 Å². The third kappa shape index (κ3) is 4.15. The molecule has 0 unspecified atom stereocenters. The van der Waals surface area contributed by atoms with Gasteiger partial charge in [-0.05, 0) is 24.3 Å². The first-order valence-electron chi connectivity index (χ1n) is 6.55. The van der Waals surface area contributed by atoms with Crippen LogP contribution in [0.2, 0.25) is 5.02 Å². The van der Waals surface area contributed by atoms with Crippen LogP contribution in [0.1, 0.15) is 15.9 Å². The van der Waals surface area contributed by atoms with Gasteiger partial charge in [-0.2, -0.15) is 13.2 Å². The molecule has 0 aliphatic heterocycles. The van der Waals surface area contributed by atoms with Crippen molar-refractivity contribution in [1.29, 1.82) is 0 Å². The summed E-state index contributed by atoms with van der Waals surface area (Å²) in [4.78, 5) is 20.3. The number of carbonyl (C=O) groups excluding carboxylic acids is 1. The lowest BCUT2D eigenvalue weighted by Gasteiger charge is -2.18. The van der Waals surface area contributed by atoms with E-state index in [1.807, 2.05) is 0 Å². The number of halogens is 4. The van der Waals surface area contributed by atoms with E-state index < -0.39 is 23.2 Å². The second kappa shape index (κ2) is 7.06. The first-order chi connectivity index (χ1) is 11.2. The number of benzene rings is 1. The lowest BCUT2D eigenvalue weighted by molar-refractivity contribution is -0.138. The molecule has 0 saturated heterocycles. The summed E-state index contributed by atoms with van der Waals surface area (Å²) in [6, 6.07) is 6.66. The number of alkyl halides is 3. The molecule has 0 atom stereocenters. The maximum Gasteiger partial charge on any atom is 0.417 e. The summed E-state index contributed by atoms with van der Waals surface area (Å²) in [7, 11) is 2.36. The van der Waals surface area contributed by atoms with Crippen LogP contribution in [0.15, 0.2) is 36.5 Å². The van der Waals surface area contributed by atoms with Crippen LogP contribution in [0.3, 0.4) is 0 Å². The summed E-state index contributed by atoms with van der Waals surface area (Å²) in [5, 5.41) is 1.13. The molecule has 128 valence electrons. The third-order valence-corrected chi connectivity index (χ3v) is 3.26. The summed E-state index contributed by atoms with van der Waals surface area (Å²) in [5.41, 5.74) is -1.81. The monoisotopic (exact) mass is 360 g/mol. The Kier molecular flexibility index (Phi) is 5.30. The van der Waals surface area contributed by atoms with E-state index in [1.165, 1.54) is 31.3 Å². The Morgan fingerprint density at radius 1 is 1.25 bits per heavy atom. The van der Waals surface area contributed by atoms with Gasteiger partial charge in [-0.15, -0.1) is 0 Å². The van der Waals surface area contributed by atoms with Gasteiger partial charge in [0.15, 0.2) is 0 Å². The first kappa shape index (κ1) is 18.0. The fourth-order valence-electron chi connectivity index (χ4n) is 1.77. The number of rotatable bonds is 4. The largest absolute Gasteiger partial charge is 0.439 e. The lowest BCUT2D eigenvalue weighted by Crippen LogP contribution is -2.28. The van der Waals surface area contributed by atoms with Gasteiger partial charge in [0.05, 0.1) is 18.2 Å². The average molecular weight is 361 g/mol. The zero-order valence-electron chi connectivity index (χ0n) is 12.6. The molecule has 9 heteroatoms. The van der Waals surface area contributed by atoms with E-state index in [0.29, 0.717) is 16.2 Å². The molecule has 1 aromatic carbocycles. The normalized spacial score (nSPS) is 11.2. The first-order valence-corrected chi connectivity index (χ1v) is 6.93. The molecule has 1 aromatic heterocycles. The highest BCUT2D eigenvalue weighted by atomic mass is 35.5. The number of nitrogens with zero attached hydrogens (tertiary/aromatic N) is 2. The summed E-state index contributed by atoms with van der Waals surface area (Å²) in [5.74, 6) is -1.02. The van der Waals surface area contributed by atoms with E-state index >= 15 is 0 Å². The van der Waals surface area contributed by atoms with Crippen molar-refractivity contribution >= 4 is 17.5 Å². The molecule has 0 bridgehead atoms. The van der Waals surface area contributed by atoms with Crippen molar-refractivity contribution in [2.45, 2.75) is 6.18 Å². The Balaban J connectivity index is 2.39. The number of hydrogen-bond donors (Lipinski definition) is 0. The maximum atomic E-state index is 13.2. The quantitative estimate of drug-likeness (QED) is 0.767. The van der Waals surface area contributed by atoms with E-state index in [9.17, 15) is 18.0 Å². The SMILES string of the molecule is CON(C)C(=O)c1cnc(Oc2ccc(Cl)cc2)cc1C(F)(F)F. The summed E-state index contributed by atoms with van der Waals surface area (Å²) >= 11 is 5.72. The van der Waals surface area contributed by atoms with E-state index in [-0.39, 0.29) is 11.6 Å². The van der Waals surface area contributed by atoms with Crippen LogP contribution in [0.4, 0.5) is 13.2 Å². The van der Waals surface area contributed by atoms with Crippen LogP contribution in [-0.4, -0.2) is 30.1 Å². The molecule has 0 aliphatic carbocycles. The number of ether oxygens (including phenoxy) is 1. The highest BCUT2D eigenvalue weighted by Gasteiger charge is 2.37. The second-order valence-corrected chi connectivity index (χ2v) is 5.04. The minimum atomic E-state index is -4.76. The van der Waals surface area contributed by atoms with Gasteiger partial charge in [0.25, 0.3) is 5.91 Å². The van der Waals surface area contributed by atoms with Crippen molar-refractivity contribution in [3.8, 4) is 11.6 Å². The molecule has 0 aliphatic rings. The minimum Gasteiger partial charge on any atom is -0.439 e. The third-order valence-electron chi connectivity index (χ3n) is 3.01. The van der Waals surface area contributed by atoms with Crippen molar-refractivity contribution in [2.75, 3.05) is 14.2 Å². The van der Waals surface area contributed by atoms with Gasteiger partial charge >= 0.3 is 6.18 Å². The van der Waals surface area contributed by atoms with E-state index in [4.69, 9.17) is 16.3 Å². The van der Waals surface area contributed by atoms with Gasteiger partial charge in [0, 0.05) is 24.3 Å². The van der Waals surface area contributed by atoms with E-state index in [2.05, 4.69) is 9.82 Å². The van der Waals surface area contributed by atoms with Crippen molar-refractivity contribution < 1.29 is 27.5 Å². The van der Waals surface area contributed by atoms with Crippen LogP contribution >= 0.6 is 11.6 Å². The summed E-state index contributed by atoms with van der Waals surface area (Å²) < 4.78 is 45.0. The Bertz CT molecular complexity index is 736. The van der Waals surface area contributed by atoms with E-state index in [0.717, 1.165) is 13.3 Å². The van der Waals surface area contributed by atoms with Gasteiger partial charge < -0.3 is 4.74 Å². The molecule has 1 amide bonds. The standard InChI is InChI=1S/C15H12ClF3N2O3/c1-21(23-2)14(22)11-8-20-13(7-12(11)15(17,18)19)24-10-5-3-9(16)4-6-10/h3-8H,1-2H3. The Labute approximate surface area is 140 Å². The topological polar surface area (TPSA) is 51.7 Å². The highest BCUT2D eigenvalue weighted by molar-refractivity contribution is 6.30. The molecule has 2 aromatic rings. The number of carbonyl (C=O) groups is 1. The molecule has 0 spiro atoms. The Morgan fingerprint density at radius 2 is 1.88 bits per heavy atom. The molecule has 5 nitrogen and oxygen atoms in total. The van der Waals surface area contributed by atoms with Crippen molar-refractivity contribution in [3.05, 3.63) is 52.7 Å². The molecular formula is C15H12ClF3N2O3. The van der Waals surface area contributed by atoms with Gasteiger partial charge in [-0.1, -0.05) is 11.6 Å². The number of hydroxylamine groups is 2. The van der Waals surface area contributed by atoms with Gasteiger partial charge in [-0.25, -0.2) is 10.0 Å². The van der Waals surface area contributed by atoms with Crippen LogP contribution < -0.4 is 4.74 Å². The molecule has 0 radical (unpaired) electrons. The predicted molar refractivity (Wildman–Crippen MR) is 79.9 cm³/mol. The predicted octanol–water partition coefficient (Wildman–Crippen LogP) is 4.18. The van der Waals surface area contributed by atoms with Crippen LogP contribution in [0.5, 0.6) is 11.6 Å². The van der Waals surface area contributed by atoms with Gasteiger partial charge in [0.2, 0.25) is 5.88 Å². The van der Waals surface area contributed by atoms with Crippen LogP contribution in [0.25, 0.3) is 0 Å². The molecule has 0 fully saturated rings. The van der Waals surface area contributed by atoms with Crippen molar-refractivity contribution in [2.24, 2.45) is 0 Å². The fraction of sp³-hybridized carbons (Fsp3) is 0.200. The summed E-state index contributed by atoms with van der Waals surface area (Å²) in [6.45, 7) is 0. The number of aromatic nitrogens is 1. The van der Waals surface area contributed by atoms with Gasteiger partial charge in [-0.3, -0.25) is 9.63 Å². The van der Waals surface area contributed by atoms with Crippen molar-refractivity contribution in [3.63, 3.8) is 0 Å². The zero-order chi connectivity index (χ0) is 17.9. The Morgan fingerprint density at radius 3 is 2.42 bits per heavy atom. The smallest absolute Gasteiger partial charge is 0.417 e. The number of amides is 1.